The molecule has 2 aromatic rings. The first-order valence-electron chi connectivity index (χ1n) is 6.00. The predicted octanol–water partition coefficient (Wildman–Crippen LogP) is 0.247. The smallest absolute Gasteiger partial charge is 0.326 e. The molecule has 5 N–H and O–H groups in total. The fourth-order valence-corrected chi connectivity index (χ4v) is 1.76. The van der Waals surface area contributed by atoms with E-state index in [1.807, 2.05) is 0 Å². The molecule has 0 radical (unpaired) electrons. The van der Waals surface area contributed by atoms with Crippen molar-refractivity contribution in [2.45, 2.75) is 12.5 Å². The van der Waals surface area contributed by atoms with Gasteiger partial charge in [-0.15, -0.1) is 0 Å². The summed E-state index contributed by atoms with van der Waals surface area (Å²) in [6.45, 7) is 0. The van der Waals surface area contributed by atoms with Crippen molar-refractivity contribution in [2.75, 3.05) is 0 Å². The molecule has 1 unspecified atom stereocenters. The Balaban J connectivity index is 2.12. The molecule has 0 aliphatic carbocycles. The number of carboxylic acid groups (broad SMARTS) is 1. The molecule has 0 bridgehead atoms. The number of aliphatic carboxylic acids is 1. The topological polar surface area (TPSA) is 136 Å². The van der Waals surface area contributed by atoms with Crippen molar-refractivity contribution >= 4 is 11.9 Å². The summed E-state index contributed by atoms with van der Waals surface area (Å²) in [5, 5.41) is 30.2. The number of amides is 1. The number of carboxylic acids is 1. The lowest BCUT2D eigenvalue weighted by Gasteiger charge is -2.14. The van der Waals surface area contributed by atoms with Gasteiger partial charge in [0.25, 0.3) is 5.91 Å². The molecule has 21 heavy (non-hydrogen) atoms. The molecule has 0 aliphatic rings. The quantitative estimate of drug-likeness (QED) is 0.535. The minimum absolute atomic E-state index is 0.0277. The Hall–Kier alpha value is -3.03. The molecule has 2 rings (SSSR count). The van der Waals surface area contributed by atoms with Crippen LogP contribution in [0, 0.1) is 0 Å². The number of hydrogen-bond donors (Lipinski definition) is 5. The number of phenols is 2. The van der Waals surface area contributed by atoms with Crippen LogP contribution in [-0.2, 0) is 11.2 Å². The van der Waals surface area contributed by atoms with Gasteiger partial charge in [0.15, 0.2) is 0 Å². The Morgan fingerprint density at radius 2 is 2.10 bits per heavy atom. The number of nitrogens with zero attached hydrogens (tertiary/aromatic N) is 1. The van der Waals surface area contributed by atoms with Crippen LogP contribution in [0.15, 0.2) is 30.7 Å². The van der Waals surface area contributed by atoms with E-state index in [0.717, 1.165) is 6.07 Å². The lowest BCUT2D eigenvalue weighted by Crippen LogP contribution is -2.42. The summed E-state index contributed by atoms with van der Waals surface area (Å²) in [5.74, 6) is -2.59. The standard InChI is InChI=1S/C13H13N3O5/c17-8-1-2-9(11(18)4-8)12(19)16-10(13(20)21)3-7-5-14-6-15-7/h1-2,4-6,10,17-18H,3H2,(H,14,15)(H,16,19)(H,20,21). The lowest BCUT2D eigenvalue weighted by molar-refractivity contribution is -0.139. The van der Waals surface area contributed by atoms with Crippen molar-refractivity contribution in [1.82, 2.24) is 15.3 Å². The van der Waals surface area contributed by atoms with Gasteiger partial charge in [-0.3, -0.25) is 4.79 Å². The molecule has 0 saturated heterocycles. The highest BCUT2D eigenvalue weighted by atomic mass is 16.4. The third-order valence-corrected chi connectivity index (χ3v) is 2.81. The number of aromatic amines is 1. The molecular weight excluding hydrogens is 278 g/mol. The number of imidazole rings is 1. The minimum atomic E-state index is -1.21. The highest BCUT2D eigenvalue weighted by Gasteiger charge is 2.23. The van der Waals surface area contributed by atoms with Crippen molar-refractivity contribution in [3.63, 3.8) is 0 Å². The van der Waals surface area contributed by atoms with Gasteiger partial charge in [0, 0.05) is 24.4 Å². The van der Waals surface area contributed by atoms with Gasteiger partial charge in [0.05, 0.1) is 11.9 Å². The van der Waals surface area contributed by atoms with Gasteiger partial charge in [-0.2, -0.15) is 0 Å². The van der Waals surface area contributed by atoms with Gasteiger partial charge in [-0.05, 0) is 12.1 Å². The van der Waals surface area contributed by atoms with Crippen molar-refractivity contribution in [1.29, 1.82) is 0 Å². The number of nitrogens with one attached hydrogen (secondary N) is 2. The van der Waals surface area contributed by atoms with Gasteiger partial charge in [0.2, 0.25) is 0 Å². The number of rotatable bonds is 5. The second kappa shape index (κ2) is 5.95. The highest BCUT2D eigenvalue weighted by molar-refractivity contribution is 5.99. The molecule has 0 saturated carbocycles. The maximum absolute atomic E-state index is 12.0. The fraction of sp³-hybridized carbons (Fsp3) is 0.154. The van der Waals surface area contributed by atoms with Gasteiger partial charge < -0.3 is 25.6 Å². The van der Waals surface area contributed by atoms with Gasteiger partial charge in [-0.25, -0.2) is 9.78 Å². The molecule has 1 atom stereocenters. The van der Waals surface area contributed by atoms with E-state index in [2.05, 4.69) is 15.3 Å². The monoisotopic (exact) mass is 291 g/mol. The van der Waals surface area contributed by atoms with E-state index in [9.17, 15) is 14.7 Å². The zero-order valence-electron chi connectivity index (χ0n) is 10.8. The average Bonchev–Trinajstić information content (AvgIpc) is 2.90. The number of carbonyl (C=O) groups is 2. The zero-order valence-corrected chi connectivity index (χ0v) is 10.8. The van der Waals surface area contributed by atoms with Crippen LogP contribution in [-0.4, -0.2) is 43.2 Å². The average molecular weight is 291 g/mol. The Bertz CT molecular complexity index is 654. The molecule has 0 spiro atoms. The first-order valence-corrected chi connectivity index (χ1v) is 6.00. The summed E-state index contributed by atoms with van der Waals surface area (Å²) in [7, 11) is 0. The maximum atomic E-state index is 12.0. The second-order valence-electron chi connectivity index (χ2n) is 4.35. The molecule has 8 nitrogen and oxygen atoms in total. The van der Waals surface area contributed by atoms with E-state index in [1.54, 1.807) is 0 Å². The number of aromatic nitrogens is 2. The van der Waals surface area contributed by atoms with Crippen LogP contribution in [0.1, 0.15) is 16.1 Å². The van der Waals surface area contributed by atoms with Crippen molar-refractivity contribution in [3.8, 4) is 11.5 Å². The van der Waals surface area contributed by atoms with Crippen LogP contribution >= 0.6 is 0 Å². The van der Waals surface area contributed by atoms with Gasteiger partial charge in [-0.1, -0.05) is 0 Å². The summed E-state index contributed by atoms with van der Waals surface area (Å²) >= 11 is 0. The molecule has 1 heterocycles. The van der Waals surface area contributed by atoms with Crippen LogP contribution in [0.2, 0.25) is 0 Å². The molecule has 110 valence electrons. The third kappa shape index (κ3) is 3.50. The van der Waals surface area contributed by atoms with Crippen LogP contribution in [0.3, 0.4) is 0 Å². The molecule has 0 fully saturated rings. The minimum Gasteiger partial charge on any atom is -0.508 e. The van der Waals surface area contributed by atoms with Crippen LogP contribution in [0.4, 0.5) is 0 Å². The molecule has 1 amide bonds. The third-order valence-electron chi connectivity index (χ3n) is 2.81. The summed E-state index contributed by atoms with van der Waals surface area (Å²) < 4.78 is 0. The molecule has 1 aromatic heterocycles. The van der Waals surface area contributed by atoms with Crippen molar-refractivity contribution in [2.24, 2.45) is 0 Å². The first kappa shape index (κ1) is 14.4. The Morgan fingerprint density at radius 3 is 2.67 bits per heavy atom. The number of hydrogen-bond acceptors (Lipinski definition) is 5. The van der Waals surface area contributed by atoms with Gasteiger partial charge >= 0.3 is 5.97 Å². The van der Waals surface area contributed by atoms with E-state index in [0.29, 0.717) is 5.69 Å². The Labute approximate surface area is 119 Å². The molecular formula is C13H13N3O5. The normalized spacial score (nSPS) is 11.8. The molecule has 0 aliphatic heterocycles. The number of phenolic OH excluding ortho intramolecular Hbond substituents is 2. The maximum Gasteiger partial charge on any atom is 0.326 e. The number of aromatic hydroxyl groups is 2. The fourth-order valence-electron chi connectivity index (χ4n) is 1.76. The first-order chi connectivity index (χ1) is 9.97. The van der Waals surface area contributed by atoms with E-state index in [4.69, 9.17) is 10.2 Å². The highest BCUT2D eigenvalue weighted by Crippen LogP contribution is 2.22. The Kier molecular flexibility index (Phi) is 4.07. The van der Waals surface area contributed by atoms with Crippen molar-refractivity contribution < 1.29 is 24.9 Å². The van der Waals surface area contributed by atoms with E-state index in [-0.39, 0.29) is 17.7 Å². The summed E-state index contributed by atoms with van der Waals surface area (Å²) in [6.07, 6.45) is 2.89. The van der Waals surface area contributed by atoms with Crippen LogP contribution < -0.4 is 5.32 Å². The Morgan fingerprint density at radius 1 is 1.33 bits per heavy atom. The summed E-state index contributed by atoms with van der Waals surface area (Å²) in [5.41, 5.74) is 0.432. The summed E-state index contributed by atoms with van der Waals surface area (Å²) in [4.78, 5) is 29.7. The van der Waals surface area contributed by atoms with Crippen LogP contribution in [0.5, 0.6) is 11.5 Å². The number of benzene rings is 1. The largest absolute Gasteiger partial charge is 0.508 e. The number of H-pyrrole nitrogens is 1. The SMILES string of the molecule is O=C(NC(Cc1cnc[nH]1)C(=O)O)c1ccc(O)cc1O. The van der Waals surface area contributed by atoms with E-state index in [1.165, 1.54) is 24.7 Å². The summed E-state index contributed by atoms with van der Waals surface area (Å²) in [6, 6.07) is 2.25. The van der Waals surface area contributed by atoms with Gasteiger partial charge in [0.1, 0.15) is 17.5 Å². The predicted molar refractivity (Wildman–Crippen MR) is 71.0 cm³/mol. The van der Waals surface area contributed by atoms with E-state index < -0.39 is 23.7 Å². The molecule has 1 aromatic carbocycles. The van der Waals surface area contributed by atoms with E-state index >= 15 is 0 Å². The second-order valence-corrected chi connectivity index (χ2v) is 4.35. The zero-order chi connectivity index (χ0) is 15.4. The number of carbonyl (C=O) groups excluding carboxylic acids is 1. The van der Waals surface area contributed by atoms with Crippen LogP contribution in [0.25, 0.3) is 0 Å². The molecule has 8 heteroatoms. The van der Waals surface area contributed by atoms with Crippen molar-refractivity contribution in [3.05, 3.63) is 42.0 Å². The lowest BCUT2D eigenvalue weighted by atomic mass is 10.1.